The number of ether oxygens (including phenoxy) is 1. The summed E-state index contributed by atoms with van der Waals surface area (Å²) in [5.74, 6) is -0.649. The van der Waals surface area contributed by atoms with E-state index in [2.05, 4.69) is 5.32 Å². The number of carbonyl (C=O) groups excluding carboxylic acids is 1. The van der Waals surface area contributed by atoms with Crippen molar-refractivity contribution in [2.24, 2.45) is 0 Å². The fraction of sp³-hybridized carbons (Fsp3) is 0.417. The number of nitrogens with one attached hydrogen (secondary N) is 1. The molecule has 1 aromatic rings. The molecule has 0 saturated heterocycles. The molecule has 0 aliphatic carbocycles. The summed E-state index contributed by atoms with van der Waals surface area (Å²) >= 11 is 0. The fourth-order valence-electron chi connectivity index (χ4n) is 1.36. The summed E-state index contributed by atoms with van der Waals surface area (Å²) in [5.41, 5.74) is 6.12. The average molecular weight is 240 g/mol. The van der Waals surface area contributed by atoms with Gasteiger partial charge in [-0.15, -0.1) is 0 Å². The standard InChI is InChI=1S/C12H17FN2O2/c1-8(17-2)3-4-12(16)15-11-6-9(13)5-10(14)7-11/h5-8H,3-4,14H2,1-2H3,(H,15,16). The second kappa shape index (κ2) is 6.20. The predicted molar refractivity (Wildman–Crippen MR) is 65.1 cm³/mol. The topological polar surface area (TPSA) is 64.3 Å². The molecule has 5 heteroatoms. The molecule has 0 saturated carbocycles. The van der Waals surface area contributed by atoms with Crippen molar-refractivity contribution in [3.63, 3.8) is 0 Å². The molecular formula is C12H17FN2O2. The second-order valence-corrected chi connectivity index (χ2v) is 3.91. The van der Waals surface area contributed by atoms with E-state index in [4.69, 9.17) is 10.5 Å². The van der Waals surface area contributed by atoms with Crippen molar-refractivity contribution in [3.05, 3.63) is 24.0 Å². The third-order valence-electron chi connectivity index (χ3n) is 2.38. The van der Waals surface area contributed by atoms with Crippen molar-refractivity contribution in [1.82, 2.24) is 0 Å². The summed E-state index contributed by atoms with van der Waals surface area (Å²) in [6.07, 6.45) is 0.969. The Balaban J connectivity index is 2.50. The molecule has 0 heterocycles. The third-order valence-corrected chi connectivity index (χ3v) is 2.38. The zero-order valence-electron chi connectivity index (χ0n) is 10.00. The molecule has 0 radical (unpaired) electrons. The van der Waals surface area contributed by atoms with E-state index in [1.165, 1.54) is 18.2 Å². The molecule has 0 bridgehead atoms. The zero-order valence-corrected chi connectivity index (χ0v) is 10.00. The Morgan fingerprint density at radius 1 is 1.53 bits per heavy atom. The van der Waals surface area contributed by atoms with E-state index in [1.54, 1.807) is 7.11 Å². The summed E-state index contributed by atoms with van der Waals surface area (Å²) in [6, 6.07) is 3.94. The van der Waals surface area contributed by atoms with E-state index in [9.17, 15) is 9.18 Å². The first-order valence-corrected chi connectivity index (χ1v) is 5.40. The van der Waals surface area contributed by atoms with Crippen LogP contribution in [0.5, 0.6) is 0 Å². The van der Waals surface area contributed by atoms with Gasteiger partial charge in [-0.05, 0) is 31.5 Å². The van der Waals surface area contributed by atoms with Crippen LogP contribution in [0.3, 0.4) is 0 Å². The SMILES string of the molecule is COC(C)CCC(=O)Nc1cc(N)cc(F)c1. The molecule has 17 heavy (non-hydrogen) atoms. The number of nitrogen functional groups attached to an aromatic ring is 1. The molecule has 0 aliphatic rings. The number of methoxy groups -OCH3 is 1. The Kier molecular flexibility index (Phi) is 4.90. The van der Waals surface area contributed by atoms with Crippen LogP contribution in [-0.4, -0.2) is 19.1 Å². The lowest BCUT2D eigenvalue weighted by Crippen LogP contribution is -2.15. The van der Waals surface area contributed by atoms with E-state index >= 15 is 0 Å². The minimum atomic E-state index is -0.467. The van der Waals surface area contributed by atoms with Gasteiger partial charge in [0.05, 0.1) is 6.10 Å². The Bertz CT molecular complexity index is 376. The first-order valence-electron chi connectivity index (χ1n) is 5.40. The number of hydrogen-bond donors (Lipinski definition) is 2. The Morgan fingerprint density at radius 3 is 2.82 bits per heavy atom. The van der Waals surface area contributed by atoms with Crippen molar-refractivity contribution in [1.29, 1.82) is 0 Å². The lowest BCUT2D eigenvalue weighted by molar-refractivity contribution is -0.116. The number of benzene rings is 1. The summed E-state index contributed by atoms with van der Waals surface area (Å²) in [6.45, 7) is 1.88. The average Bonchev–Trinajstić information content (AvgIpc) is 2.24. The first-order chi connectivity index (χ1) is 8.01. The van der Waals surface area contributed by atoms with E-state index < -0.39 is 5.82 Å². The number of rotatable bonds is 5. The van der Waals surface area contributed by atoms with Crippen molar-refractivity contribution in [2.45, 2.75) is 25.9 Å². The largest absolute Gasteiger partial charge is 0.399 e. The molecule has 0 fully saturated rings. The van der Waals surface area contributed by atoms with Gasteiger partial charge in [0.2, 0.25) is 5.91 Å². The number of anilines is 2. The third kappa shape index (κ3) is 4.82. The maximum absolute atomic E-state index is 13.0. The first kappa shape index (κ1) is 13.4. The van der Waals surface area contributed by atoms with Crippen molar-refractivity contribution >= 4 is 17.3 Å². The van der Waals surface area contributed by atoms with Crippen LogP contribution in [-0.2, 0) is 9.53 Å². The molecular weight excluding hydrogens is 223 g/mol. The van der Waals surface area contributed by atoms with Crippen LogP contribution in [0.2, 0.25) is 0 Å². The molecule has 94 valence electrons. The van der Waals surface area contributed by atoms with Gasteiger partial charge in [0, 0.05) is 24.9 Å². The van der Waals surface area contributed by atoms with E-state index in [0.29, 0.717) is 18.5 Å². The number of amides is 1. The normalized spacial score (nSPS) is 12.2. The van der Waals surface area contributed by atoms with Gasteiger partial charge in [-0.3, -0.25) is 4.79 Å². The molecule has 0 spiro atoms. The van der Waals surface area contributed by atoms with Crippen LogP contribution in [0.4, 0.5) is 15.8 Å². The lowest BCUT2D eigenvalue weighted by atomic mass is 10.2. The molecule has 4 nitrogen and oxygen atoms in total. The van der Waals surface area contributed by atoms with Crippen LogP contribution in [0.1, 0.15) is 19.8 Å². The van der Waals surface area contributed by atoms with Gasteiger partial charge in [0.25, 0.3) is 0 Å². The van der Waals surface area contributed by atoms with Crippen molar-refractivity contribution in [3.8, 4) is 0 Å². The van der Waals surface area contributed by atoms with E-state index in [1.807, 2.05) is 6.92 Å². The lowest BCUT2D eigenvalue weighted by Gasteiger charge is -2.09. The summed E-state index contributed by atoms with van der Waals surface area (Å²) in [7, 11) is 1.59. The van der Waals surface area contributed by atoms with Gasteiger partial charge in [-0.2, -0.15) is 0 Å². The number of hydrogen-bond acceptors (Lipinski definition) is 3. The highest BCUT2D eigenvalue weighted by Crippen LogP contribution is 2.16. The maximum atomic E-state index is 13.0. The van der Waals surface area contributed by atoms with Gasteiger partial charge in [-0.25, -0.2) is 4.39 Å². The van der Waals surface area contributed by atoms with Crippen LogP contribution < -0.4 is 11.1 Å². The molecule has 1 atom stereocenters. The Labute approximate surface area is 100.0 Å². The second-order valence-electron chi connectivity index (χ2n) is 3.91. The predicted octanol–water partition coefficient (Wildman–Crippen LogP) is 2.16. The van der Waals surface area contributed by atoms with Crippen LogP contribution in [0.15, 0.2) is 18.2 Å². The highest BCUT2D eigenvalue weighted by Gasteiger charge is 2.07. The number of carbonyl (C=O) groups is 1. The van der Waals surface area contributed by atoms with Gasteiger partial charge in [0.15, 0.2) is 0 Å². The van der Waals surface area contributed by atoms with Crippen molar-refractivity contribution in [2.75, 3.05) is 18.2 Å². The molecule has 1 amide bonds. The zero-order chi connectivity index (χ0) is 12.8. The molecule has 3 N–H and O–H groups in total. The van der Waals surface area contributed by atoms with Gasteiger partial charge < -0.3 is 15.8 Å². The van der Waals surface area contributed by atoms with Crippen molar-refractivity contribution < 1.29 is 13.9 Å². The summed E-state index contributed by atoms with van der Waals surface area (Å²) < 4.78 is 18.0. The van der Waals surface area contributed by atoms with E-state index in [0.717, 1.165) is 0 Å². The summed E-state index contributed by atoms with van der Waals surface area (Å²) in [4.78, 5) is 11.5. The van der Waals surface area contributed by atoms with Gasteiger partial charge in [0.1, 0.15) is 5.82 Å². The van der Waals surface area contributed by atoms with Gasteiger partial charge in [-0.1, -0.05) is 0 Å². The molecule has 0 aromatic heterocycles. The van der Waals surface area contributed by atoms with Crippen LogP contribution in [0.25, 0.3) is 0 Å². The molecule has 1 rings (SSSR count). The fourth-order valence-corrected chi connectivity index (χ4v) is 1.36. The quantitative estimate of drug-likeness (QED) is 0.775. The van der Waals surface area contributed by atoms with Crippen LogP contribution >= 0.6 is 0 Å². The maximum Gasteiger partial charge on any atom is 0.224 e. The Morgan fingerprint density at radius 2 is 2.24 bits per heavy atom. The molecule has 1 unspecified atom stereocenters. The van der Waals surface area contributed by atoms with E-state index in [-0.39, 0.29) is 17.7 Å². The number of halogens is 1. The smallest absolute Gasteiger partial charge is 0.224 e. The van der Waals surface area contributed by atoms with Crippen LogP contribution in [0, 0.1) is 5.82 Å². The number of nitrogens with two attached hydrogens (primary N) is 1. The minimum Gasteiger partial charge on any atom is -0.399 e. The molecule has 0 aliphatic heterocycles. The summed E-state index contributed by atoms with van der Waals surface area (Å²) in [5, 5.41) is 2.59. The molecule has 1 aromatic carbocycles. The highest BCUT2D eigenvalue weighted by molar-refractivity contribution is 5.91. The van der Waals surface area contributed by atoms with Gasteiger partial charge >= 0.3 is 0 Å². The highest BCUT2D eigenvalue weighted by atomic mass is 19.1. The monoisotopic (exact) mass is 240 g/mol. The minimum absolute atomic E-state index is 0.0262. The Hall–Kier alpha value is -1.62.